The van der Waals surface area contributed by atoms with E-state index in [0.29, 0.717) is 0 Å². The standard InChI is InChI=1S/C46H28O/c1-2-12-29(13-3-1)34-24-32-16-6-7-17-35(32)42(26-34)46-39-20-10-8-18-37(39)45(38-19-9-11-21-40(38)46)33-22-23-36-41-25-30-14-4-5-15-31(30)27-44(41)47-43(36)28-33/h1-28H. The van der Waals surface area contributed by atoms with Gasteiger partial charge in [0.2, 0.25) is 0 Å². The first kappa shape index (κ1) is 26.1. The van der Waals surface area contributed by atoms with E-state index >= 15 is 0 Å². The van der Waals surface area contributed by atoms with Gasteiger partial charge >= 0.3 is 0 Å². The molecule has 0 spiro atoms. The van der Waals surface area contributed by atoms with Crippen LogP contribution in [-0.2, 0) is 0 Å². The second-order valence-electron chi connectivity index (χ2n) is 12.5. The number of fused-ring (bicyclic) bond motifs is 7. The van der Waals surface area contributed by atoms with Crippen LogP contribution in [0.5, 0.6) is 0 Å². The van der Waals surface area contributed by atoms with Crippen molar-refractivity contribution in [2.75, 3.05) is 0 Å². The molecule has 0 atom stereocenters. The fourth-order valence-corrected chi connectivity index (χ4v) is 7.66. The lowest BCUT2D eigenvalue weighted by atomic mass is 9.83. The van der Waals surface area contributed by atoms with E-state index in [1.807, 2.05) is 0 Å². The minimum atomic E-state index is 0.909. The predicted molar refractivity (Wildman–Crippen MR) is 200 cm³/mol. The third-order valence-electron chi connectivity index (χ3n) is 9.80. The van der Waals surface area contributed by atoms with E-state index in [2.05, 4.69) is 170 Å². The summed E-state index contributed by atoms with van der Waals surface area (Å²) < 4.78 is 6.54. The van der Waals surface area contributed by atoms with Crippen LogP contribution in [-0.4, -0.2) is 0 Å². The van der Waals surface area contributed by atoms with Crippen molar-refractivity contribution in [1.29, 1.82) is 0 Å². The van der Waals surface area contributed by atoms with Crippen LogP contribution in [0.3, 0.4) is 0 Å². The zero-order valence-electron chi connectivity index (χ0n) is 25.6. The van der Waals surface area contributed by atoms with Crippen molar-refractivity contribution in [2.24, 2.45) is 0 Å². The number of furan rings is 1. The smallest absolute Gasteiger partial charge is 0.136 e. The van der Waals surface area contributed by atoms with Gasteiger partial charge in [0, 0.05) is 10.8 Å². The van der Waals surface area contributed by atoms with Crippen LogP contribution in [0, 0.1) is 0 Å². The van der Waals surface area contributed by atoms with Gasteiger partial charge in [-0.3, -0.25) is 0 Å². The summed E-state index contributed by atoms with van der Waals surface area (Å²) >= 11 is 0. The molecule has 1 nitrogen and oxygen atoms in total. The van der Waals surface area contributed by atoms with Crippen LogP contribution < -0.4 is 0 Å². The van der Waals surface area contributed by atoms with Crippen LogP contribution in [0.4, 0.5) is 0 Å². The Morgan fingerprint density at radius 3 is 1.53 bits per heavy atom. The Morgan fingerprint density at radius 2 is 0.830 bits per heavy atom. The summed E-state index contributed by atoms with van der Waals surface area (Å²) in [6.07, 6.45) is 0. The maximum Gasteiger partial charge on any atom is 0.136 e. The SMILES string of the molecule is c1ccc(-c2cc(-c3c4ccccc4c(-c4ccc5c(c4)oc4cc6ccccc6cc45)c4ccccc34)c3ccccc3c2)cc1. The number of hydrogen-bond donors (Lipinski definition) is 0. The van der Waals surface area contributed by atoms with Gasteiger partial charge in [-0.1, -0.05) is 133 Å². The van der Waals surface area contributed by atoms with Crippen molar-refractivity contribution in [2.45, 2.75) is 0 Å². The Balaban J connectivity index is 1.27. The summed E-state index contributed by atoms with van der Waals surface area (Å²) in [6, 6.07) is 61.6. The van der Waals surface area contributed by atoms with E-state index in [1.165, 1.54) is 70.9 Å². The Morgan fingerprint density at radius 1 is 0.277 bits per heavy atom. The Labute approximate surface area is 271 Å². The summed E-state index contributed by atoms with van der Waals surface area (Å²) in [5, 5.41) is 12.2. The van der Waals surface area contributed by atoms with Gasteiger partial charge in [0.05, 0.1) is 0 Å². The summed E-state index contributed by atoms with van der Waals surface area (Å²) in [7, 11) is 0. The molecular weight excluding hydrogens is 569 g/mol. The van der Waals surface area contributed by atoms with E-state index in [4.69, 9.17) is 4.42 Å². The molecular formula is C46H28O. The lowest BCUT2D eigenvalue weighted by molar-refractivity contribution is 0.669. The molecule has 0 aliphatic rings. The Bertz CT molecular complexity index is 2780. The summed E-state index contributed by atoms with van der Waals surface area (Å²) in [5.74, 6) is 0. The minimum Gasteiger partial charge on any atom is -0.456 e. The lowest BCUT2D eigenvalue weighted by Crippen LogP contribution is -1.92. The maximum absolute atomic E-state index is 6.54. The van der Waals surface area contributed by atoms with Crippen molar-refractivity contribution in [3.05, 3.63) is 170 Å². The molecule has 0 N–H and O–H groups in total. The van der Waals surface area contributed by atoms with Crippen molar-refractivity contribution in [3.63, 3.8) is 0 Å². The Kier molecular flexibility index (Phi) is 5.64. The first-order valence-electron chi connectivity index (χ1n) is 16.2. The molecule has 1 aromatic heterocycles. The molecule has 0 unspecified atom stereocenters. The molecule has 0 radical (unpaired) electrons. The fourth-order valence-electron chi connectivity index (χ4n) is 7.66. The first-order valence-corrected chi connectivity index (χ1v) is 16.2. The Hall–Kier alpha value is -6.18. The summed E-state index contributed by atoms with van der Waals surface area (Å²) in [4.78, 5) is 0. The molecule has 47 heavy (non-hydrogen) atoms. The molecule has 10 rings (SSSR count). The zero-order valence-corrected chi connectivity index (χ0v) is 25.6. The highest BCUT2D eigenvalue weighted by atomic mass is 16.3. The van der Waals surface area contributed by atoms with E-state index in [-0.39, 0.29) is 0 Å². The highest BCUT2D eigenvalue weighted by Crippen LogP contribution is 2.47. The topological polar surface area (TPSA) is 13.1 Å². The van der Waals surface area contributed by atoms with Crippen LogP contribution in [0.15, 0.2) is 174 Å². The summed E-state index contributed by atoms with van der Waals surface area (Å²) in [5.41, 5.74) is 9.18. The number of rotatable bonds is 3. The van der Waals surface area contributed by atoms with Gasteiger partial charge in [-0.2, -0.15) is 0 Å². The highest BCUT2D eigenvalue weighted by molar-refractivity contribution is 6.24. The molecule has 0 amide bonds. The number of hydrogen-bond acceptors (Lipinski definition) is 1. The molecule has 0 aliphatic heterocycles. The van der Waals surface area contributed by atoms with Crippen LogP contribution in [0.25, 0.3) is 98.4 Å². The van der Waals surface area contributed by atoms with Crippen molar-refractivity contribution >= 4 is 65.0 Å². The average Bonchev–Trinajstić information content (AvgIpc) is 3.49. The second-order valence-corrected chi connectivity index (χ2v) is 12.5. The molecule has 1 heterocycles. The fraction of sp³-hybridized carbons (Fsp3) is 0. The zero-order chi connectivity index (χ0) is 30.9. The van der Waals surface area contributed by atoms with Gasteiger partial charge in [-0.25, -0.2) is 0 Å². The van der Waals surface area contributed by atoms with Gasteiger partial charge < -0.3 is 4.42 Å². The van der Waals surface area contributed by atoms with Crippen molar-refractivity contribution in [1.82, 2.24) is 0 Å². The molecule has 0 saturated carbocycles. The van der Waals surface area contributed by atoms with Crippen LogP contribution >= 0.6 is 0 Å². The molecule has 0 bridgehead atoms. The van der Waals surface area contributed by atoms with Gasteiger partial charge in [-0.05, 0) is 113 Å². The average molecular weight is 597 g/mol. The third kappa shape index (κ3) is 4.03. The monoisotopic (exact) mass is 596 g/mol. The highest BCUT2D eigenvalue weighted by Gasteiger charge is 2.20. The van der Waals surface area contributed by atoms with E-state index in [9.17, 15) is 0 Å². The lowest BCUT2D eigenvalue weighted by Gasteiger charge is -2.19. The normalized spacial score (nSPS) is 11.8. The van der Waals surface area contributed by atoms with Gasteiger partial charge in [0.25, 0.3) is 0 Å². The van der Waals surface area contributed by atoms with E-state index in [1.54, 1.807) is 0 Å². The largest absolute Gasteiger partial charge is 0.456 e. The van der Waals surface area contributed by atoms with Crippen molar-refractivity contribution < 1.29 is 4.42 Å². The quantitative estimate of drug-likeness (QED) is 0.185. The minimum absolute atomic E-state index is 0.909. The van der Waals surface area contributed by atoms with E-state index < -0.39 is 0 Å². The molecule has 0 saturated heterocycles. The van der Waals surface area contributed by atoms with Gasteiger partial charge in [0.1, 0.15) is 11.2 Å². The van der Waals surface area contributed by atoms with Crippen molar-refractivity contribution in [3.8, 4) is 33.4 Å². The first-order chi connectivity index (χ1) is 23.3. The second kappa shape index (κ2) is 10.2. The van der Waals surface area contributed by atoms with Crippen LogP contribution in [0.1, 0.15) is 0 Å². The molecule has 218 valence electrons. The molecule has 9 aromatic carbocycles. The van der Waals surface area contributed by atoms with E-state index in [0.717, 1.165) is 27.5 Å². The molecule has 0 fully saturated rings. The summed E-state index contributed by atoms with van der Waals surface area (Å²) in [6.45, 7) is 0. The predicted octanol–water partition coefficient (Wildman–Crippen LogP) is 13.2. The van der Waals surface area contributed by atoms with Crippen LogP contribution in [0.2, 0.25) is 0 Å². The third-order valence-corrected chi connectivity index (χ3v) is 9.80. The molecule has 1 heteroatoms. The molecule has 0 aliphatic carbocycles. The van der Waals surface area contributed by atoms with Gasteiger partial charge in [0.15, 0.2) is 0 Å². The number of benzene rings is 9. The molecule has 10 aromatic rings. The van der Waals surface area contributed by atoms with Gasteiger partial charge in [-0.15, -0.1) is 0 Å². The maximum atomic E-state index is 6.54.